The third-order valence-electron chi connectivity index (χ3n) is 5.43. The van der Waals surface area contributed by atoms with Crippen LogP contribution in [0.3, 0.4) is 0 Å². The van der Waals surface area contributed by atoms with Crippen LogP contribution in [0.15, 0.2) is 66.7 Å². The number of amides is 1. The van der Waals surface area contributed by atoms with Crippen molar-refractivity contribution < 1.29 is 17.9 Å². The summed E-state index contributed by atoms with van der Waals surface area (Å²) in [7, 11) is -2.11. The first-order chi connectivity index (χ1) is 15.8. The second-order valence-corrected chi connectivity index (χ2v) is 10.2. The van der Waals surface area contributed by atoms with E-state index < -0.39 is 21.2 Å². The van der Waals surface area contributed by atoms with Crippen LogP contribution < -0.4 is 9.46 Å². The average Bonchev–Trinajstić information content (AvgIpc) is 3.16. The zero-order valence-corrected chi connectivity index (χ0v) is 19.4. The lowest BCUT2D eigenvalue weighted by atomic mass is 10.0. The molecule has 7 nitrogen and oxygen atoms in total. The fourth-order valence-corrected chi connectivity index (χ4v) is 4.18. The van der Waals surface area contributed by atoms with Gasteiger partial charge in [0, 0.05) is 29.1 Å². The SMILES string of the molecule is COc1ccc2c(Cc3cccc(C(=O)NS(=O)(=O)C(C)C)n3)c(-c3ccccc3)[nH]c2c1. The first-order valence-corrected chi connectivity index (χ1v) is 12.1. The molecule has 4 rings (SSSR count). The molecule has 4 aromatic rings. The van der Waals surface area contributed by atoms with Crippen LogP contribution in [0.1, 0.15) is 35.6 Å². The van der Waals surface area contributed by atoms with Crippen molar-refractivity contribution in [2.45, 2.75) is 25.5 Å². The van der Waals surface area contributed by atoms with Crippen molar-refractivity contribution in [3.63, 3.8) is 0 Å². The van der Waals surface area contributed by atoms with Gasteiger partial charge < -0.3 is 9.72 Å². The molecule has 0 radical (unpaired) electrons. The number of aromatic nitrogens is 2. The van der Waals surface area contributed by atoms with Crippen molar-refractivity contribution in [3.05, 3.63) is 83.7 Å². The summed E-state index contributed by atoms with van der Waals surface area (Å²) in [6.07, 6.45) is 0.453. The Morgan fingerprint density at radius 3 is 2.52 bits per heavy atom. The number of hydrogen-bond acceptors (Lipinski definition) is 5. The maximum atomic E-state index is 12.5. The number of methoxy groups -OCH3 is 1. The number of nitrogens with zero attached hydrogens (tertiary/aromatic N) is 1. The minimum atomic E-state index is -3.74. The maximum absolute atomic E-state index is 12.5. The van der Waals surface area contributed by atoms with Crippen LogP contribution in [0.25, 0.3) is 22.2 Å². The number of H-pyrrole nitrogens is 1. The number of ether oxygens (including phenoxy) is 1. The molecule has 0 saturated carbocycles. The third-order valence-corrected chi connectivity index (χ3v) is 7.14. The number of carbonyl (C=O) groups excluding carboxylic acids is 1. The van der Waals surface area contributed by atoms with Crippen molar-refractivity contribution in [3.8, 4) is 17.0 Å². The molecule has 0 aliphatic rings. The van der Waals surface area contributed by atoms with Gasteiger partial charge in [0.25, 0.3) is 5.91 Å². The summed E-state index contributed by atoms with van der Waals surface area (Å²) in [5.41, 5.74) is 4.65. The molecule has 2 N–H and O–H groups in total. The van der Waals surface area contributed by atoms with Gasteiger partial charge in [0.1, 0.15) is 11.4 Å². The molecule has 2 heterocycles. The lowest BCUT2D eigenvalue weighted by molar-refractivity contribution is 0.0976. The smallest absolute Gasteiger partial charge is 0.283 e. The molecular weight excluding hydrogens is 438 g/mol. The van der Waals surface area contributed by atoms with E-state index in [4.69, 9.17) is 4.74 Å². The van der Waals surface area contributed by atoms with E-state index in [-0.39, 0.29) is 5.69 Å². The molecule has 0 aliphatic heterocycles. The normalized spacial score (nSPS) is 11.6. The highest BCUT2D eigenvalue weighted by atomic mass is 32.2. The van der Waals surface area contributed by atoms with E-state index in [1.54, 1.807) is 13.2 Å². The fraction of sp³-hybridized carbons (Fsp3) is 0.200. The molecule has 8 heteroatoms. The minimum absolute atomic E-state index is 0.0551. The van der Waals surface area contributed by atoms with Gasteiger partial charge in [0.2, 0.25) is 10.0 Å². The van der Waals surface area contributed by atoms with Crippen LogP contribution in [0, 0.1) is 0 Å². The lowest BCUT2D eigenvalue weighted by Crippen LogP contribution is -2.36. The molecule has 0 spiro atoms. The van der Waals surface area contributed by atoms with Crippen LogP contribution in [-0.4, -0.2) is 36.7 Å². The van der Waals surface area contributed by atoms with Crippen molar-refractivity contribution in [2.24, 2.45) is 0 Å². The van der Waals surface area contributed by atoms with Crippen LogP contribution in [0.2, 0.25) is 0 Å². The molecule has 2 aromatic carbocycles. The zero-order chi connectivity index (χ0) is 23.6. The Kier molecular flexibility index (Phi) is 6.20. The van der Waals surface area contributed by atoms with Crippen LogP contribution >= 0.6 is 0 Å². The first-order valence-electron chi connectivity index (χ1n) is 10.5. The topological polar surface area (TPSA) is 101 Å². The number of sulfonamides is 1. The molecule has 0 saturated heterocycles. The summed E-state index contributed by atoms with van der Waals surface area (Å²) >= 11 is 0. The van der Waals surface area contributed by atoms with Crippen molar-refractivity contribution >= 4 is 26.8 Å². The Morgan fingerprint density at radius 2 is 1.82 bits per heavy atom. The van der Waals surface area contributed by atoms with E-state index in [0.717, 1.165) is 33.5 Å². The Bertz CT molecular complexity index is 1410. The van der Waals surface area contributed by atoms with E-state index in [0.29, 0.717) is 12.1 Å². The average molecular weight is 464 g/mol. The van der Waals surface area contributed by atoms with Gasteiger partial charge in [-0.2, -0.15) is 0 Å². The molecule has 1 amide bonds. The largest absolute Gasteiger partial charge is 0.497 e. The van der Waals surface area contributed by atoms with Gasteiger partial charge in [-0.05, 0) is 49.2 Å². The van der Waals surface area contributed by atoms with Gasteiger partial charge in [-0.1, -0.05) is 36.4 Å². The summed E-state index contributed by atoms with van der Waals surface area (Å²) < 4.78 is 31.6. The van der Waals surface area contributed by atoms with Gasteiger partial charge >= 0.3 is 0 Å². The number of aromatic amines is 1. The van der Waals surface area contributed by atoms with Crippen molar-refractivity contribution in [2.75, 3.05) is 7.11 Å². The number of nitrogens with one attached hydrogen (secondary N) is 2. The molecular formula is C25H25N3O4S. The highest BCUT2D eigenvalue weighted by Gasteiger charge is 2.21. The van der Waals surface area contributed by atoms with Crippen LogP contribution in [-0.2, 0) is 16.4 Å². The Hall–Kier alpha value is -3.65. The van der Waals surface area contributed by atoms with Gasteiger partial charge in [-0.15, -0.1) is 0 Å². The highest BCUT2D eigenvalue weighted by Crippen LogP contribution is 2.33. The minimum Gasteiger partial charge on any atom is -0.497 e. The lowest BCUT2D eigenvalue weighted by Gasteiger charge is -2.10. The standard InChI is InChI=1S/C25H25N3O4S/c1-16(2)33(30,31)28-25(29)22-11-7-10-18(26-22)14-21-20-13-12-19(32-3)15-23(20)27-24(21)17-8-5-4-6-9-17/h4-13,15-16,27H,14H2,1-3H3,(H,28,29). The number of benzene rings is 2. The molecule has 0 unspecified atom stereocenters. The Morgan fingerprint density at radius 1 is 1.06 bits per heavy atom. The number of fused-ring (bicyclic) bond motifs is 1. The van der Waals surface area contributed by atoms with Gasteiger partial charge in [-0.25, -0.2) is 18.1 Å². The zero-order valence-electron chi connectivity index (χ0n) is 18.6. The monoisotopic (exact) mass is 463 g/mol. The molecule has 0 atom stereocenters. The molecule has 0 bridgehead atoms. The predicted molar refractivity (Wildman–Crippen MR) is 129 cm³/mol. The third kappa shape index (κ3) is 4.75. The number of pyridine rings is 1. The van der Waals surface area contributed by atoms with Gasteiger partial charge in [0.05, 0.1) is 18.1 Å². The Balaban J connectivity index is 1.73. The molecule has 33 heavy (non-hydrogen) atoms. The van der Waals surface area contributed by atoms with Crippen molar-refractivity contribution in [1.29, 1.82) is 0 Å². The van der Waals surface area contributed by atoms with Crippen molar-refractivity contribution in [1.82, 2.24) is 14.7 Å². The van der Waals surface area contributed by atoms with E-state index in [1.165, 1.54) is 19.9 Å². The van der Waals surface area contributed by atoms with Crippen LogP contribution in [0.4, 0.5) is 0 Å². The van der Waals surface area contributed by atoms with Gasteiger partial charge in [0.15, 0.2) is 0 Å². The van der Waals surface area contributed by atoms with E-state index in [1.807, 2.05) is 54.6 Å². The summed E-state index contributed by atoms with van der Waals surface area (Å²) in [5.74, 6) is 0.00978. The summed E-state index contributed by atoms with van der Waals surface area (Å²) in [4.78, 5) is 20.5. The van der Waals surface area contributed by atoms with Gasteiger partial charge in [-0.3, -0.25) is 4.79 Å². The highest BCUT2D eigenvalue weighted by molar-refractivity contribution is 7.90. The number of hydrogen-bond donors (Lipinski definition) is 2. The molecule has 0 fully saturated rings. The molecule has 0 aliphatic carbocycles. The van der Waals surface area contributed by atoms with Crippen LogP contribution in [0.5, 0.6) is 5.75 Å². The molecule has 170 valence electrons. The molecule has 2 aromatic heterocycles. The predicted octanol–water partition coefficient (Wildman–Crippen LogP) is 4.30. The fourth-order valence-electron chi connectivity index (χ4n) is 3.58. The van der Waals surface area contributed by atoms with E-state index in [2.05, 4.69) is 14.7 Å². The van der Waals surface area contributed by atoms with E-state index in [9.17, 15) is 13.2 Å². The van der Waals surface area contributed by atoms with E-state index >= 15 is 0 Å². The number of carbonyl (C=O) groups is 1. The number of rotatable bonds is 7. The quantitative estimate of drug-likeness (QED) is 0.426. The Labute approximate surface area is 192 Å². The maximum Gasteiger partial charge on any atom is 0.283 e. The first kappa shape index (κ1) is 22.5. The summed E-state index contributed by atoms with van der Waals surface area (Å²) in [6, 6.07) is 20.9. The summed E-state index contributed by atoms with van der Waals surface area (Å²) in [5, 5.41) is 0.301. The second kappa shape index (κ2) is 9.07. The summed E-state index contributed by atoms with van der Waals surface area (Å²) in [6.45, 7) is 3.02. The second-order valence-electron chi connectivity index (χ2n) is 7.97.